The van der Waals surface area contributed by atoms with Crippen molar-refractivity contribution in [2.24, 2.45) is 0 Å². The van der Waals surface area contributed by atoms with Crippen molar-refractivity contribution in [3.8, 4) is 0 Å². The molecule has 0 spiro atoms. The number of aryl methyl sites for hydroxylation is 1. The second-order valence-corrected chi connectivity index (χ2v) is 3.16. The van der Waals surface area contributed by atoms with Crippen molar-refractivity contribution in [2.75, 3.05) is 0 Å². The standard InChI is InChI=1S/C11H16O/c1-4-11-8(2)5-6-10(7-12)9(11)3/h5-6,12H,4,7H2,1-3H3. The van der Waals surface area contributed by atoms with Crippen LogP contribution < -0.4 is 0 Å². The van der Waals surface area contributed by atoms with E-state index in [1.54, 1.807) is 0 Å². The molecule has 0 bridgehead atoms. The maximum Gasteiger partial charge on any atom is 0.0684 e. The van der Waals surface area contributed by atoms with E-state index in [0.717, 1.165) is 12.0 Å². The zero-order chi connectivity index (χ0) is 9.14. The smallest absolute Gasteiger partial charge is 0.0684 e. The Morgan fingerprint density at radius 3 is 2.42 bits per heavy atom. The summed E-state index contributed by atoms with van der Waals surface area (Å²) in [6, 6.07) is 4.08. The molecule has 66 valence electrons. The second-order valence-electron chi connectivity index (χ2n) is 3.16. The fourth-order valence-corrected chi connectivity index (χ4v) is 1.66. The molecule has 0 aliphatic heterocycles. The Morgan fingerprint density at radius 2 is 1.92 bits per heavy atom. The van der Waals surface area contributed by atoms with Crippen LogP contribution in [0.4, 0.5) is 0 Å². The number of hydrogen-bond donors (Lipinski definition) is 1. The first-order valence-corrected chi connectivity index (χ1v) is 4.39. The van der Waals surface area contributed by atoms with E-state index in [1.165, 1.54) is 16.7 Å². The van der Waals surface area contributed by atoms with Crippen molar-refractivity contribution < 1.29 is 5.11 Å². The Hall–Kier alpha value is -0.820. The van der Waals surface area contributed by atoms with Crippen LogP contribution in [0.1, 0.15) is 29.2 Å². The molecule has 1 heteroatoms. The highest BCUT2D eigenvalue weighted by Crippen LogP contribution is 2.18. The summed E-state index contributed by atoms with van der Waals surface area (Å²) in [5.74, 6) is 0. The van der Waals surface area contributed by atoms with E-state index in [9.17, 15) is 0 Å². The molecule has 0 saturated carbocycles. The average Bonchev–Trinajstić information content (AvgIpc) is 2.06. The first-order chi connectivity index (χ1) is 5.70. The lowest BCUT2D eigenvalue weighted by Gasteiger charge is -2.10. The van der Waals surface area contributed by atoms with Gasteiger partial charge in [-0.3, -0.25) is 0 Å². The highest BCUT2D eigenvalue weighted by Gasteiger charge is 2.03. The monoisotopic (exact) mass is 164 g/mol. The van der Waals surface area contributed by atoms with Gasteiger partial charge in [0.15, 0.2) is 0 Å². The van der Waals surface area contributed by atoms with Crippen LogP contribution in [-0.2, 0) is 13.0 Å². The molecule has 0 amide bonds. The van der Waals surface area contributed by atoms with Gasteiger partial charge in [-0.2, -0.15) is 0 Å². The van der Waals surface area contributed by atoms with Gasteiger partial charge in [-0.05, 0) is 42.5 Å². The third-order valence-corrected chi connectivity index (χ3v) is 2.47. The van der Waals surface area contributed by atoms with E-state index in [-0.39, 0.29) is 6.61 Å². The van der Waals surface area contributed by atoms with Crippen LogP contribution >= 0.6 is 0 Å². The zero-order valence-electron chi connectivity index (χ0n) is 8.02. The van der Waals surface area contributed by atoms with E-state index in [4.69, 9.17) is 5.11 Å². The fraction of sp³-hybridized carbons (Fsp3) is 0.455. The number of aliphatic hydroxyl groups is 1. The highest BCUT2D eigenvalue weighted by molar-refractivity contribution is 5.39. The summed E-state index contributed by atoms with van der Waals surface area (Å²) in [4.78, 5) is 0. The lowest BCUT2D eigenvalue weighted by molar-refractivity contribution is 0.281. The Balaban J connectivity index is 3.24. The van der Waals surface area contributed by atoms with E-state index in [1.807, 2.05) is 6.07 Å². The normalized spacial score (nSPS) is 10.3. The minimum atomic E-state index is 0.152. The first kappa shape index (κ1) is 9.27. The van der Waals surface area contributed by atoms with Crippen molar-refractivity contribution in [3.63, 3.8) is 0 Å². The van der Waals surface area contributed by atoms with E-state index in [0.29, 0.717) is 0 Å². The predicted molar refractivity (Wildman–Crippen MR) is 51.2 cm³/mol. The van der Waals surface area contributed by atoms with Gasteiger partial charge < -0.3 is 5.11 Å². The summed E-state index contributed by atoms with van der Waals surface area (Å²) in [7, 11) is 0. The summed E-state index contributed by atoms with van der Waals surface area (Å²) in [5, 5.41) is 9.03. The lowest BCUT2D eigenvalue weighted by Crippen LogP contribution is -1.97. The van der Waals surface area contributed by atoms with E-state index < -0.39 is 0 Å². The number of hydrogen-bond acceptors (Lipinski definition) is 1. The molecule has 0 aliphatic carbocycles. The Morgan fingerprint density at radius 1 is 1.25 bits per heavy atom. The van der Waals surface area contributed by atoms with Crippen molar-refractivity contribution in [3.05, 3.63) is 34.4 Å². The average molecular weight is 164 g/mol. The molecular formula is C11H16O. The maximum atomic E-state index is 9.03. The molecule has 0 aliphatic rings. The number of rotatable bonds is 2. The Bertz CT molecular complexity index is 277. The molecule has 0 radical (unpaired) electrons. The van der Waals surface area contributed by atoms with Crippen LogP contribution in [0.25, 0.3) is 0 Å². The van der Waals surface area contributed by atoms with Crippen molar-refractivity contribution in [1.82, 2.24) is 0 Å². The molecule has 0 unspecified atom stereocenters. The van der Waals surface area contributed by atoms with Crippen LogP contribution in [0.2, 0.25) is 0 Å². The zero-order valence-corrected chi connectivity index (χ0v) is 8.02. The van der Waals surface area contributed by atoms with Gasteiger partial charge in [0, 0.05) is 0 Å². The summed E-state index contributed by atoms with van der Waals surface area (Å²) in [5.41, 5.74) is 5.01. The van der Waals surface area contributed by atoms with Crippen molar-refractivity contribution in [1.29, 1.82) is 0 Å². The lowest BCUT2D eigenvalue weighted by atomic mass is 9.96. The quantitative estimate of drug-likeness (QED) is 0.711. The Labute approximate surface area is 74.1 Å². The number of aliphatic hydroxyl groups excluding tert-OH is 1. The van der Waals surface area contributed by atoms with Gasteiger partial charge in [-0.1, -0.05) is 19.1 Å². The molecule has 1 rings (SSSR count). The SMILES string of the molecule is CCc1c(C)ccc(CO)c1C. The molecule has 0 heterocycles. The molecule has 1 aromatic rings. The first-order valence-electron chi connectivity index (χ1n) is 4.39. The fourth-order valence-electron chi connectivity index (χ4n) is 1.66. The minimum Gasteiger partial charge on any atom is -0.392 e. The van der Waals surface area contributed by atoms with Crippen molar-refractivity contribution >= 4 is 0 Å². The molecule has 0 aromatic heterocycles. The van der Waals surface area contributed by atoms with Gasteiger partial charge >= 0.3 is 0 Å². The summed E-state index contributed by atoms with van der Waals surface area (Å²) in [6.45, 7) is 6.50. The molecule has 12 heavy (non-hydrogen) atoms. The predicted octanol–water partition coefficient (Wildman–Crippen LogP) is 2.36. The van der Waals surface area contributed by atoms with Gasteiger partial charge in [-0.25, -0.2) is 0 Å². The van der Waals surface area contributed by atoms with Crippen LogP contribution in [0, 0.1) is 13.8 Å². The van der Waals surface area contributed by atoms with Crippen LogP contribution in [-0.4, -0.2) is 5.11 Å². The topological polar surface area (TPSA) is 20.2 Å². The molecule has 1 N–H and O–H groups in total. The maximum absolute atomic E-state index is 9.03. The van der Waals surface area contributed by atoms with Crippen LogP contribution in [0.5, 0.6) is 0 Å². The molecule has 0 fully saturated rings. The Kier molecular flexibility index (Phi) is 2.88. The summed E-state index contributed by atoms with van der Waals surface area (Å²) in [6.07, 6.45) is 1.05. The van der Waals surface area contributed by atoms with Gasteiger partial charge in [0.2, 0.25) is 0 Å². The molecule has 1 aromatic carbocycles. The molecular weight excluding hydrogens is 148 g/mol. The largest absolute Gasteiger partial charge is 0.392 e. The van der Waals surface area contributed by atoms with Gasteiger partial charge in [0.25, 0.3) is 0 Å². The third kappa shape index (κ3) is 1.51. The molecule has 0 atom stereocenters. The third-order valence-electron chi connectivity index (χ3n) is 2.47. The summed E-state index contributed by atoms with van der Waals surface area (Å²) >= 11 is 0. The van der Waals surface area contributed by atoms with Gasteiger partial charge in [0.05, 0.1) is 6.61 Å². The van der Waals surface area contributed by atoms with Gasteiger partial charge in [-0.15, -0.1) is 0 Å². The highest BCUT2D eigenvalue weighted by atomic mass is 16.3. The minimum absolute atomic E-state index is 0.152. The van der Waals surface area contributed by atoms with Gasteiger partial charge in [0.1, 0.15) is 0 Å². The van der Waals surface area contributed by atoms with E-state index >= 15 is 0 Å². The molecule has 1 nitrogen and oxygen atoms in total. The van der Waals surface area contributed by atoms with Crippen LogP contribution in [0.3, 0.4) is 0 Å². The second kappa shape index (κ2) is 3.72. The molecule has 0 saturated heterocycles. The van der Waals surface area contributed by atoms with Crippen molar-refractivity contribution in [2.45, 2.75) is 33.8 Å². The summed E-state index contributed by atoms with van der Waals surface area (Å²) < 4.78 is 0. The number of benzene rings is 1. The van der Waals surface area contributed by atoms with Crippen LogP contribution in [0.15, 0.2) is 12.1 Å². The van der Waals surface area contributed by atoms with E-state index in [2.05, 4.69) is 26.8 Å².